The lowest BCUT2D eigenvalue weighted by Crippen LogP contribution is -2.19. The van der Waals surface area contributed by atoms with E-state index in [0.29, 0.717) is 27.1 Å². The molecular formula is C21H11Cl2F3N2O2S. The number of nitrogens with one attached hydrogen (secondary N) is 1. The van der Waals surface area contributed by atoms with Gasteiger partial charge in [-0.05, 0) is 60.3 Å². The molecular weight excluding hydrogens is 472 g/mol. The van der Waals surface area contributed by atoms with Crippen molar-refractivity contribution in [1.29, 1.82) is 0 Å². The number of rotatable bonds is 3. The zero-order valence-corrected chi connectivity index (χ0v) is 17.7. The van der Waals surface area contributed by atoms with Gasteiger partial charge >= 0.3 is 6.18 Å². The summed E-state index contributed by atoms with van der Waals surface area (Å²) >= 11 is 13.2. The molecule has 0 bridgehead atoms. The maximum absolute atomic E-state index is 12.9. The van der Waals surface area contributed by atoms with Crippen LogP contribution in [0.1, 0.15) is 11.3 Å². The summed E-state index contributed by atoms with van der Waals surface area (Å²) < 4.78 is 44.3. The molecule has 0 aliphatic carbocycles. The van der Waals surface area contributed by atoms with Crippen LogP contribution in [-0.4, -0.2) is 11.1 Å². The van der Waals surface area contributed by atoms with Gasteiger partial charge in [0.15, 0.2) is 5.17 Å². The van der Waals surface area contributed by atoms with Gasteiger partial charge in [0.25, 0.3) is 5.91 Å². The second-order valence-corrected chi connectivity index (χ2v) is 8.23. The molecule has 1 N–H and O–H groups in total. The van der Waals surface area contributed by atoms with Crippen LogP contribution in [0, 0.1) is 0 Å². The highest BCUT2D eigenvalue weighted by Gasteiger charge is 2.30. The minimum Gasteiger partial charge on any atom is -0.457 e. The lowest BCUT2D eigenvalue weighted by molar-refractivity contribution is -0.137. The zero-order chi connectivity index (χ0) is 22.2. The van der Waals surface area contributed by atoms with Gasteiger partial charge in [-0.3, -0.25) is 4.79 Å². The molecule has 1 aliphatic heterocycles. The molecule has 0 unspecified atom stereocenters. The van der Waals surface area contributed by atoms with Crippen molar-refractivity contribution < 1.29 is 22.4 Å². The maximum Gasteiger partial charge on any atom is 0.416 e. The van der Waals surface area contributed by atoms with Crippen molar-refractivity contribution in [3.63, 3.8) is 0 Å². The highest BCUT2D eigenvalue weighted by atomic mass is 35.5. The largest absolute Gasteiger partial charge is 0.457 e. The van der Waals surface area contributed by atoms with Gasteiger partial charge in [0.2, 0.25) is 0 Å². The quantitative estimate of drug-likeness (QED) is 0.402. The molecule has 1 fully saturated rings. The molecule has 2 aromatic carbocycles. The molecule has 10 heteroatoms. The predicted octanol–water partition coefficient (Wildman–Crippen LogP) is 7.16. The maximum atomic E-state index is 12.9. The highest BCUT2D eigenvalue weighted by molar-refractivity contribution is 8.18. The zero-order valence-electron chi connectivity index (χ0n) is 15.3. The van der Waals surface area contributed by atoms with Crippen molar-refractivity contribution in [2.45, 2.75) is 6.18 Å². The van der Waals surface area contributed by atoms with E-state index in [4.69, 9.17) is 27.6 Å². The first kappa shape index (κ1) is 21.5. The van der Waals surface area contributed by atoms with Crippen LogP contribution in [0.5, 0.6) is 0 Å². The Labute approximate surface area is 188 Å². The van der Waals surface area contributed by atoms with Crippen molar-refractivity contribution in [3.05, 3.63) is 80.9 Å². The molecule has 1 amide bonds. The van der Waals surface area contributed by atoms with Crippen molar-refractivity contribution in [2.75, 3.05) is 0 Å². The van der Waals surface area contributed by atoms with Gasteiger partial charge in [-0.2, -0.15) is 13.2 Å². The van der Waals surface area contributed by atoms with E-state index < -0.39 is 17.6 Å². The van der Waals surface area contributed by atoms with E-state index >= 15 is 0 Å². The van der Waals surface area contributed by atoms with Gasteiger partial charge in [-0.15, -0.1) is 0 Å². The number of amidine groups is 1. The molecule has 0 atom stereocenters. The molecule has 158 valence electrons. The number of aliphatic imine (C=N–C) groups is 1. The Balaban J connectivity index is 1.56. The smallest absolute Gasteiger partial charge is 0.416 e. The summed E-state index contributed by atoms with van der Waals surface area (Å²) in [6, 6.07) is 12.9. The number of furan rings is 1. The van der Waals surface area contributed by atoms with E-state index in [9.17, 15) is 18.0 Å². The molecule has 4 nitrogen and oxygen atoms in total. The van der Waals surface area contributed by atoms with Gasteiger partial charge in [0.05, 0.1) is 21.2 Å². The average molecular weight is 483 g/mol. The molecule has 1 saturated heterocycles. The summed E-state index contributed by atoms with van der Waals surface area (Å²) in [6.45, 7) is 0. The molecule has 0 saturated carbocycles. The first-order valence-corrected chi connectivity index (χ1v) is 10.3. The summed E-state index contributed by atoms with van der Waals surface area (Å²) in [5.74, 6) is 0.430. The minimum absolute atomic E-state index is 0.0785. The second-order valence-electron chi connectivity index (χ2n) is 6.36. The molecule has 2 heterocycles. The molecule has 1 aromatic heterocycles. The highest BCUT2D eigenvalue weighted by Crippen LogP contribution is 2.35. The third kappa shape index (κ3) is 4.98. The van der Waals surface area contributed by atoms with Gasteiger partial charge in [0, 0.05) is 16.7 Å². The van der Waals surface area contributed by atoms with Crippen LogP contribution >= 0.6 is 35.0 Å². The number of hydrogen-bond donors (Lipinski definition) is 1. The number of carbonyl (C=O) groups is 1. The number of thioether (sulfide) groups is 1. The molecule has 31 heavy (non-hydrogen) atoms. The average Bonchev–Trinajstić information content (AvgIpc) is 3.30. The summed E-state index contributed by atoms with van der Waals surface area (Å²) in [6.07, 6.45) is -2.97. The molecule has 0 radical (unpaired) electrons. The van der Waals surface area contributed by atoms with Crippen LogP contribution in [0.2, 0.25) is 10.0 Å². The number of hydrogen-bond acceptors (Lipinski definition) is 4. The Morgan fingerprint density at radius 3 is 2.65 bits per heavy atom. The number of nitrogens with zero attached hydrogens (tertiary/aromatic N) is 1. The summed E-state index contributed by atoms with van der Waals surface area (Å²) in [4.78, 5) is 16.6. The Morgan fingerprint density at radius 2 is 1.87 bits per heavy atom. The SMILES string of the molecule is O=C1NC(=Nc2cccc(C(F)(F)F)c2)SC1=Cc1ccc(-c2cc(Cl)ccc2Cl)o1. The Hall–Kier alpha value is -2.68. The van der Waals surface area contributed by atoms with E-state index in [-0.39, 0.29) is 15.8 Å². The first-order chi connectivity index (χ1) is 14.7. The van der Waals surface area contributed by atoms with Crippen LogP contribution in [0.15, 0.2) is 68.9 Å². The van der Waals surface area contributed by atoms with Crippen LogP contribution in [0.4, 0.5) is 18.9 Å². The molecule has 3 aromatic rings. The molecule has 1 aliphatic rings. The van der Waals surface area contributed by atoms with Gasteiger partial charge in [0.1, 0.15) is 11.5 Å². The molecule has 0 spiro atoms. The van der Waals surface area contributed by atoms with Crippen molar-refractivity contribution >= 4 is 57.8 Å². The summed E-state index contributed by atoms with van der Waals surface area (Å²) in [5.41, 5.74) is -0.133. The fourth-order valence-electron chi connectivity index (χ4n) is 2.74. The Kier molecular flexibility index (Phi) is 5.88. The van der Waals surface area contributed by atoms with Gasteiger partial charge < -0.3 is 9.73 Å². The Morgan fingerprint density at radius 1 is 1.06 bits per heavy atom. The van der Waals surface area contributed by atoms with Crippen molar-refractivity contribution in [2.24, 2.45) is 4.99 Å². The lowest BCUT2D eigenvalue weighted by Gasteiger charge is -2.06. The number of halogens is 5. The van der Waals surface area contributed by atoms with Gasteiger partial charge in [-0.1, -0.05) is 29.3 Å². The van der Waals surface area contributed by atoms with E-state index in [2.05, 4.69) is 10.3 Å². The van der Waals surface area contributed by atoms with Crippen LogP contribution < -0.4 is 5.32 Å². The van der Waals surface area contributed by atoms with Gasteiger partial charge in [-0.25, -0.2) is 4.99 Å². The topological polar surface area (TPSA) is 54.6 Å². The normalized spacial score (nSPS) is 16.9. The second kappa shape index (κ2) is 8.45. The monoisotopic (exact) mass is 482 g/mol. The first-order valence-electron chi connectivity index (χ1n) is 8.71. The third-order valence-corrected chi connectivity index (χ3v) is 5.62. The van der Waals surface area contributed by atoms with Crippen LogP contribution in [0.3, 0.4) is 0 Å². The van der Waals surface area contributed by atoms with E-state index in [1.165, 1.54) is 18.2 Å². The fourth-order valence-corrected chi connectivity index (χ4v) is 3.94. The summed E-state index contributed by atoms with van der Waals surface area (Å²) in [5, 5.41) is 3.65. The standard InChI is InChI=1S/C21H11Cl2F3N2O2S/c22-12-4-6-16(23)15(9-12)17-7-5-14(30-17)10-18-19(29)28-20(31-18)27-13-3-1-2-11(8-13)21(24,25)26/h1-10H,(H,27,28,29). The Bertz CT molecular complexity index is 1240. The number of amides is 1. The van der Waals surface area contributed by atoms with Crippen LogP contribution in [0.25, 0.3) is 17.4 Å². The summed E-state index contributed by atoms with van der Waals surface area (Å²) in [7, 11) is 0. The predicted molar refractivity (Wildman–Crippen MR) is 116 cm³/mol. The van der Waals surface area contributed by atoms with E-state index in [0.717, 1.165) is 23.9 Å². The third-order valence-electron chi connectivity index (χ3n) is 4.15. The number of benzene rings is 2. The number of carbonyl (C=O) groups excluding carboxylic acids is 1. The fraction of sp³-hybridized carbons (Fsp3) is 0.0476. The number of alkyl halides is 3. The molecule has 4 rings (SSSR count). The van der Waals surface area contributed by atoms with Crippen LogP contribution in [-0.2, 0) is 11.0 Å². The lowest BCUT2D eigenvalue weighted by atomic mass is 10.2. The van der Waals surface area contributed by atoms with E-state index in [1.54, 1.807) is 30.3 Å². The van der Waals surface area contributed by atoms with Crippen molar-refractivity contribution in [3.8, 4) is 11.3 Å². The van der Waals surface area contributed by atoms with E-state index in [1.807, 2.05) is 0 Å². The minimum atomic E-state index is -4.48. The van der Waals surface area contributed by atoms with Crippen molar-refractivity contribution in [1.82, 2.24) is 5.32 Å².